The number of ether oxygens (including phenoxy) is 1. The van der Waals surface area contributed by atoms with E-state index < -0.39 is 25.7 Å². The molecule has 0 amide bonds. The Hall–Kier alpha value is -0.620. The minimum absolute atomic E-state index is 0.309. The summed E-state index contributed by atoms with van der Waals surface area (Å²) in [5, 5.41) is -0.703. The van der Waals surface area contributed by atoms with Crippen molar-refractivity contribution in [1.82, 2.24) is 0 Å². The van der Waals surface area contributed by atoms with Gasteiger partial charge in [0, 0.05) is 17.9 Å². The molecule has 0 aliphatic rings. The molecule has 0 saturated carbocycles. The number of hydrogen-bond donors (Lipinski definition) is 0. The molecule has 0 spiro atoms. The van der Waals surface area contributed by atoms with E-state index in [9.17, 15) is 12.8 Å². The molecule has 2 atom stereocenters. The van der Waals surface area contributed by atoms with Gasteiger partial charge in [0.15, 0.2) is 9.84 Å². The van der Waals surface area contributed by atoms with Crippen LogP contribution in [-0.4, -0.2) is 27.0 Å². The van der Waals surface area contributed by atoms with Crippen molar-refractivity contribution in [3.05, 3.63) is 29.6 Å². The predicted octanol–water partition coefficient (Wildman–Crippen LogP) is 2.70. The maximum atomic E-state index is 13.7. The number of sulfone groups is 1. The molecule has 1 aromatic rings. The molecule has 0 radical (unpaired) electrons. The van der Waals surface area contributed by atoms with Crippen LogP contribution in [0.5, 0.6) is 5.75 Å². The molecular weight excluding hydrogens is 311 g/mol. The van der Waals surface area contributed by atoms with Gasteiger partial charge >= 0.3 is 0 Å². The second-order valence-corrected chi connectivity index (χ2v) is 7.21. The van der Waals surface area contributed by atoms with Gasteiger partial charge in [0.05, 0.1) is 17.2 Å². The largest absolute Gasteiger partial charge is 0.497 e. The summed E-state index contributed by atoms with van der Waals surface area (Å²) in [4.78, 5) is -0.580. The average Bonchev–Trinajstić information content (AvgIpc) is 2.25. The summed E-state index contributed by atoms with van der Waals surface area (Å²) in [5.74, 6) is -0.0836. The van der Waals surface area contributed by atoms with Crippen molar-refractivity contribution in [2.45, 2.75) is 17.0 Å². The van der Waals surface area contributed by atoms with Crippen LogP contribution in [0.3, 0.4) is 0 Å². The molecule has 17 heavy (non-hydrogen) atoms. The lowest BCUT2D eigenvalue weighted by Crippen LogP contribution is -2.21. The fraction of sp³-hybridized carbons (Fsp3) is 0.455. The van der Waals surface area contributed by atoms with Crippen LogP contribution in [0.15, 0.2) is 18.2 Å². The van der Waals surface area contributed by atoms with E-state index >= 15 is 0 Å². The van der Waals surface area contributed by atoms with Crippen LogP contribution in [-0.2, 0) is 9.84 Å². The highest BCUT2D eigenvalue weighted by molar-refractivity contribution is 9.09. The number of halogens is 2. The van der Waals surface area contributed by atoms with Crippen LogP contribution < -0.4 is 4.74 Å². The molecular formula is C11H14BrFO3S. The topological polar surface area (TPSA) is 43.4 Å². The number of alkyl halides is 1. The summed E-state index contributed by atoms with van der Waals surface area (Å²) in [6, 6.07) is 4.36. The Balaban J connectivity index is 3.09. The summed E-state index contributed by atoms with van der Waals surface area (Å²) in [6.07, 6.45) is 1.13. The monoisotopic (exact) mass is 324 g/mol. The Morgan fingerprint density at radius 2 is 2.00 bits per heavy atom. The molecule has 0 aliphatic heterocycles. The zero-order chi connectivity index (χ0) is 13.2. The first kappa shape index (κ1) is 14.4. The Bertz CT molecular complexity index is 501. The standard InChI is InChI=1S/C11H14BrFO3S/c1-7(17(3,14)15)11(12)9-5-4-8(16-2)6-10(9)13/h4-7,11H,1-3H3. The smallest absolute Gasteiger partial charge is 0.151 e. The van der Waals surface area contributed by atoms with E-state index in [1.807, 2.05) is 0 Å². The zero-order valence-corrected chi connectivity index (χ0v) is 12.2. The molecule has 1 rings (SSSR count). The molecule has 0 saturated heterocycles. The van der Waals surface area contributed by atoms with Gasteiger partial charge in [-0.2, -0.15) is 0 Å². The molecule has 2 unspecified atom stereocenters. The maximum Gasteiger partial charge on any atom is 0.151 e. The van der Waals surface area contributed by atoms with Crippen molar-refractivity contribution in [2.24, 2.45) is 0 Å². The van der Waals surface area contributed by atoms with Gasteiger partial charge in [-0.15, -0.1) is 0 Å². The number of rotatable bonds is 4. The lowest BCUT2D eigenvalue weighted by atomic mass is 10.1. The van der Waals surface area contributed by atoms with Crippen molar-refractivity contribution in [3.63, 3.8) is 0 Å². The maximum absolute atomic E-state index is 13.7. The van der Waals surface area contributed by atoms with Crippen LogP contribution in [0.2, 0.25) is 0 Å². The second kappa shape index (κ2) is 5.35. The number of hydrogen-bond acceptors (Lipinski definition) is 3. The van der Waals surface area contributed by atoms with Crippen LogP contribution in [0.25, 0.3) is 0 Å². The minimum Gasteiger partial charge on any atom is -0.497 e. The van der Waals surface area contributed by atoms with Gasteiger partial charge in [-0.3, -0.25) is 0 Å². The highest BCUT2D eigenvalue weighted by Crippen LogP contribution is 2.33. The Morgan fingerprint density at radius 1 is 1.41 bits per heavy atom. The van der Waals surface area contributed by atoms with E-state index in [1.165, 1.54) is 19.2 Å². The number of methoxy groups -OCH3 is 1. The van der Waals surface area contributed by atoms with E-state index in [-0.39, 0.29) is 0 Å². The normalized spacial score (nSPS) is 15.4. The molecule has 6 heteroatoms. The van der Waals surface area contributed by atoms with Gasteiger partial charge in [-0.25, -0.2) is 12.8 Å². The Morgan fingerprint density at radius 3 is 2.41 bits per heavy atom. The highest BCUT2D eigenvalue weighted by Gasteiger charge is 2.27. The van der Waals surface area contributed by atoms with E-state index in [4.69, 9.17) is 4.74 Å². The third kappa shape index (κ3) is 3.42. The predicted molar refractivity (Wildman–Crippen MR) is 68.9 cm³/mol. The molecule has 0 N–H and O–H groups in total. The average molecular weight is 325 g/mol. The minimum atomic E-state index is -3.23. The highest BCUT2D eigenvalue weighted by atomic mass is 79.9. The van der Waals surface area contributed by atoms with E-state index in [1.54, 1.807) is 13.0 Å². The van der Waals surface area contributed by atoms with Gasteiger partial charge in [-0.1, -0.05) is 22.0 Å². The second-order valence-electron chi connectivity index (χ2n) is 3.82. The van der Waals surface area contributed by atoms with Gasteiger partial charge < -0.3 is 4.74 Å². The van der Waals surface area contributed by atoms with Crippen molar-refractivity contribution in [3.8, 4) is 5.75 Å². The molecule has 0 aromatic heterocycles. The summed E-state index contributed by atoms with van der Waals surface area (Å²) < 4.78 is 41.4. The summed E-state index contributed by atoms with van der Waals surface area (Å²) in [7, 11) is -1.78. The lowest BCUT2D eigenvalue weighted by Gasteiger charge is -2.18. The first-order chi connectivity index (χ1) is 7.77. The van der Waals surface area contributed by atoms with Gasteiger partial charge in [0.25, 0.3) is 0 Å². The SMILES string of the molecule is COc1ccc(C(Br)C(C)S(C)(=O)=O)c(F)c1. The summed E-state index contributed by atoms with van der Waals surface area (Å²) in [5.41, 5.74) is 0.309. The van der Waals surface area contributed by atoms with Crippen molar-refractivity contribution >= 4 is 25.8 Å². The van der Waals surface area contributed by atoms with E-state index in [0.717, 1.165) is 6.26 Å². The van der Waals surface area contributed by atoms with Crippen molar-refractivity contribution in [1.29, 1.82) is 0 Å². The van der Waals surface area contributed by atoms with Gasteiger partial charge in [0.2, 0.25) is 0 Å². The van der Waals surface area contributed by atoms with Crippen LogP contribution in [0.1, 0.15) is 17.3 Å². The Labute approximate surface area is 109 Å². The quantitative estimate of drug-likeness (QED) is 0.800. The molecule has 3 nitrogen and oxygen atoms in total. The first-order valence-corrected chi connectivity index (χ1v) is 7.80. The van der Waals surface area contributed by atoms with Crippen molar-refractivity contribution < 1.29 is 17.5 Å². The zero-order valence-electron chi connectivity index (χ0n) is 9.78. The van der Waals surface area contributed by atoms with Gasteiger partial charge in [0.1, 0.15) is 11.6 Å². The van der Waals surface area contributed by atoms with Crippen LogP contribution >= 0.6 is 15.9 Å². The third-order valence-electron chi connectivity index (χ3n) is 2.59. The number of benzene rings is 1. The van der Waals surface area contributed by atoms with Crippen molar-refractivity contribution in [2.75, 3.05) is 13.4 Å². The molecule has 0 fully saturated rings. The fourth-order valence-corrected chi connectivity index (χ4v) is 3.46. The lowest BCUT2D eigenvalue weighted by molar-refractivity contribution is 0.410. The molecule has 1 aromatic carbocycles. The molecule has 96 valence electrons. The van der Waals surface area contributed by atoms with E-state index in [0.29, 0.717) is 11.3 Å². The Kier molecular flexibility index (Phi) is 4.55. The fourth-order valence-electron chi connectivity index (χ4n) is 1.33. The molecule has 0 bridgehead atoms. The van der Waals surface area contributed by atoms with E-state index in [2.05, 4.69) is 15.9 Å². The van der Waals surface area contributed by atoms with Crippen LogP contribution in [0.4, 0.5) is 4.39 Å². The molecule has 0 aliphatic carbocycles. The third-order valence-corrected chi connectivity index (χ3v) is 5.85. The summed E-state index contributed by atoms with van der Waals surface area (Å²) >= 11 is 3.22. The first-order valence-electron chi connectivity index (χ1n) is 4.93. The molecule has 0 heterocycles. The van der Waals surface area contributed by atoms with Crippen LogP contribution in [0, 0.1) is 5.82 Å². The van der Waals surface area contributed by atoms with Gasteiger partial charge in [-0.05, 0) is 13.0 Å². The summed E-state index contributed by atoms with van der Waals surface area (Å²) in [6.45, 7) is 1.54.